The molecule has 3 aromatic rings. The second kappa shape index (κ2) is 7.07. The summed E-state index contributed by atoms with van der Waals surface area (Å²) in [5.41, 5.74) is 3.40. The van der Waals surface area contributed by atoms with Crippen LogP contribution < -0.4 is 0 Å². The van der Waals surface area contributed by atoms with Crippen LogP contribution in [0.15, 0.2) is 54.9 Å². The smallest absolute Gasteiger partial charge is 0.255 e. The van der Waals surface area contributed by atoms with Crippen LogP contribution in [-0.2, 0) is 0 Å². The van der Waals surface area contributed by atoms with Crippen molar-refractivity contribution in [1.82, 2.24) is 20.1 Å². The molecule has 0 unspecified atom stereocenters. The Hall–Kier alpha value is -3.02. The fourth-order valence-corrected chi connectivity index (χ4v) is 3.38. The molecule has 1 aromatic carbocycles. The van der Waals surface area contributed by atoms with Crippen molar-refractivity contribution in [3.8, 4) is 11.3 Å². The first-order valence-corrected chi connectivity index (χ1v) is 8.71. The summed E-state index contributed by atoms with van der Waals surface area (Å²) >= 11 is 0. The topological polar surface area (TPSA) is 61.9 Å². The van der Waals surface area contributed by atoms with Gasteiger partial charge in [0.2, 0.25) is 0 Å². The Morgan fingerprint density at radius 3 is 2.62 bits per heavy atom. The third kappa shape index (κ3) is 3.35. The van der Waals surface area contributed by atoms with Crippen molar-refractivity contribution in [1.29, 1.82) is 0 Å². The molecule has 1 aliphatic rings. The molecule has 1 amide bonds. The first kappa shape index (κ1) is 16.4. The van der Waals surface area contributed by atoms with Gasteiger partial charge in [-0.05, 0) is 55.3 Å². The number of rotatable bonds is 3. The summed E-state index contributed by atoms with van der Waals surface area (Å²) in [5, 5.41) is 7.46. The van der Waals surface area contributed by atoms with E-state index in [4.69, 9.17) is 0 Å². The van der Waals surface area contributed by atoms with Crippen LogP contribution in [0.25, 0.3) is 11.3 Å². The summed E-state index contributed by atoms with van der Waals surface area (Å²) in [6.07, 6.45) is 5.05. The number of benzene rings is 1. The van der Waals surface area contributed by atoms with Crippen molar-refractivity contribution in [2.45, 2.75) is 18.8 Å². The molecule has 0 bridgehead atoms. The van der Waals surface area contributed by atoms with E-state index in [-0.39, 0.29) is 11.7 Å². The number of aromatic amines is 1. The fourth-order valence-electron chi connectivity index (χ4n) is 3.38. The van der Waals surface area contributed by atoms with Gasteiger partial charge in [0, 0.05) is 42.7 Å². The molecule has 132 valence electrons. The zero-order chi connectivity index (χ0) is 17.9. The van der Waals surface area contributed by atoms with Crippen LogP contribution in [0, 0.1) is 5.82 Å². The Labute approximate surface area is 150 Å². The van der Waals surface area contributed by atoms with Gasteiger partial charge < -0.3 is 4.90 Å². The average Bonchev–Trinajstić information content (AvgIpc) is 3.19. The van der Waals surface area contributed by atoms with Crippen molar-refractivity contribution < 1.29 is 9.18 Å². The van der Waals surface area contributed by atoms with Gasteiger partial charge in [0.25, 0.3) is 5.91 Å². The van der Waals surface area contributed by atoms with Crippen LogP contribution in [-0.4, -0.2) is 39.1 Å². The number of amides is 1. The molecule has 2 aromatic heterocycles. The molecule has 5 nitrogen and oxygen atoms in total. The van der Waals surface area contributed by atoms with Crippen LogP contribution in [0.2, 0.25) is 0 Å². The standard InChI is InChI=1S/C20H19FN4O/c21-17-5-3-14(4-6-17)18-12-19(24-23-18)15-7-10-25(11-8-15)20(26)16-2-1-9-22-13-16/h1-6,9,12-13,15H,7-8,10-11H2,(H,23,24). The maximum Gasteiger partial charge on any atom is 0.255 e. The van der Waals surface area contributed by atoms with Crippen LogP contribution in [0.3, 0.4) is 0 Å². The zero-order valence-corrected chi connectivity index (χ0v) is 14.2. The van der Waals surface area contributed by atoms with Crippen molar-refractivity contribution in [2.75, 3.05) is 13.1 Å². The van der Waals surface area contributed by atoms with E-state index in [1.54, 1.807) is 36.7 Å². The van der Waals surface area contributed by atoms with E-state index in [9.17, 15) is 9.18 Å². The molecule has 0 spiro atoms. The van der Waals surface area contributed by atoms with E-state index >= 15 is 0 Å². The van der Waals surface area contributed by atoms with Gasteiger partial charge >= 0.3 is 0 Å². The first-order chi connectivity index (χ1) is 12.7. The van der Waals surface area contributed by atoms with Gasteiger partial charge in [-0.3, -0.25) is 14.9 Å². The van der Waals surface area contributed by atoms with Crippen molar-refractivity contribution in [2.24, 2.45) is 0 Å². The molecule has 0 atom stereocenters. The Bertz CT molecular complexity index is 884. The SMILES string of the molecule is O=C(c1cccnc1)N1CCC(c2cc(-c3ccc(F)cc3)n[nH]2)CC1. The summed E-state index contributed by atoms with van der Waals surface area (Å²) in [5.74, 6) is 0.123. The lowest BCUT2D eigenvalue weighted by Gasteiger charge is -2.31. The number of hydrogen-bond acceptors (Lipinski definition) is 3. The fraction of sp³-hybridized carbons (Fsp3) is 0.250. The minimum atomic E-state index is -0.254. The number of aromatic nitrogens is 3. The Balaban J connectivity index is 1.41. The van der Waals surface area contributed by atoms with Crippen molar-refractivity contribution in [3.63, 3.8) is 0 Å². The Morgan fingerprint density at radius 1 is 1.15 bits per heavy atom. The van der Waals surface area contributed by atoms with Crippen LogP contribution in [0.4, 0.5) is 4.39 Å². The van der Waals surface area contributed by atoms with Gasteiger partial charge in [-0.15, -0.1) is 0 Å². The molecule has 0 saturated carbocycles. The number of carbonyl (C=O) groups excluding carboxylic acids is 1. The van der Waals surface area contributed by atoms with Gasteiger partial charge in [-0.1, -0.05) is 0 Å². The van der Waals surface area contributed by atoms with E-state index < -0.39 is 0 Å². The molecule has 26 heavy (non-hydrogen) atoms. The average molecular weight is 350 g/mol. The largest absolute Gasteiger partial charge is 0.339 e. The molecule has 1 aliphatic heterocycles. The van der Waals surface area contributed by atoms with Crippen LogP contribution in [0.5, 0.6) is 0 Å². The molecule has 1 saturated heterocycles. The van der Waals surface area contributed by atoms with Gasteiger partial charge in [0.15, 0.2) is 0 Å². The summed E-state index contributed by atoms with van der Waals surface area (Å²) in [4.78, 5) is 18.4. The number of piperidine rings is 1. The van der Waals surface area contributed by atoms with Crippen molar-refractivity contribution >= 4 is 5.91 Å². The first-order valence-electron chi connectivity index (χ1n) is 8.71. The minimum absolute atomic E-state index is 0.0353. The Morgan fingerprint density at radius 2 is 1.92 bits per heavy atom. The molecule has 0 radical (unpaired) electrons. The summed E-state index contributed by atoms with van der Waals surface area (Å²) < 4.78 is 13.1. The number of nitrogens with zero attached hydrogens (tertiary/aromatic N) is 3. The molecule has 3 heterocycles. The van der Waals surface area contributed by atoms with E-state index in [0.717, 1.165) is 29.8 Å². The van der Waals surface area contributed by atoms with E-state index in [1.807, 2.05) is 11.0 Å². The highest BCUT2D eigenvalue weighted by molar-refractivity contribution is 5.93. The highest BCUT2D eigenvalue weighted by Crippen LogP contribution is 2.29. The predicted molar refractivity (Wildman–Crippen MR) is 96.1 cm³/mol. The second-order valence-electron chi connectivity index (χ2n) is 6.52. The lowest BCUT2D eigenvalue weighted by atomic mass is 9.93. The maximum absolute atomic E-state index is 13.1. The van der Waals surface area contributed by atoms with Gasteiger partial charge in [-0.25, -0.2) is 4.39 Å². The number of H-pyrrole nitrogens is 1. The zero-order valence-electron chi connectivity index (χ0n) is 14.2. The Kier molecular flexibility index (Phi) is 4.48. The molecule has 6 heteroatoms. The maximum atomic E-state index is 13.1. The summed E-state index contributed by atoms with van der Waals surface area (Å²) in [6, 6.07) is 11.9. The molecular formula is C20H19FN4O. The number of carbonyl (C=O) groups is 1. The number of likely N-dealkylation sites (tertiary alicyclic amines) is 1. The van der Waals surface area contributed by atoms with Crippen LogP contribution >= 0.6 is 0 Å². The van der Waals surface area contributed by atoms with Crippen LogP contribution in [0.1, 0.15) is 34.8 Å². The molecular weight excluding hydrogens is 331 g/mol. The third-order valence-corrected chi connectivity index (χ3v) is 4.87. The minimum Gasteiger partial charge on any atom is -0.339 e. The van der Waals surface area contributed by atoms with Gasteiger partial charge in [-0.2, -0.15) is 5.10 Å². The molecule has 0 aliphatic carbocycles. The normalized spacial score (nSPS) is 15.2. The third-order valence-electron chi connectivity index (χ3n) is 4.87. The number of nitrogens with one attached hydrogen (secondary N) is 1. The molecule has 1 fully saturated rings. The van der Waals surface area contributed by atoms with E-state index in [0.29, 0.717) is 24.6 Å². The molecule has 4 rings (SSSR count). The lowest BCUT2D eigenvalue weighted by molar-refractivity contribution is 0.0711. The lowest BCUT2D eigenvalue weighted by Crippen LogP contribution is -2.38. The monoisotopic (exact) mass is 350 g/mol. The summed E-state index contributed by atoms with van der Waals surface area (Å²) in [7, 11) is 0. The highest BCUT2D eigenvalue weighted by atomic mass is 19.1. The summed E-state index contributed by atoms with van der Waals surface area (Å²) in [6.45, 7) is 1.42. The quantitative estimate of drug-likeness (QED) is 0.785. The highest BCUT2D eigenvalue weighted by Gasteiger charge is 2.25. The second-order valence-corrected chi connectivity index (χ2v) is 6.52. The van der Waals surface area contributed by atoms with Gasteiger partial charge in [0.05, 0.1) is 11.3 Å². The van der Waals surface area contributed by atoms with Gasteiger partial charge in [0.1, 0.15) is 5.82 Å². The number of pyridine rings is 1. The number of hydrogen-bond donors (Lipinski definition) is 1. The number of halogens is 1. The predicted octanol–water partition coefficient (Wildman–Crippen LogP) is 3.63. The van der Waals surface area contributed by atoms with E-state index in [2.05, 4.69) is 15.2 Å². The van der Waals surface area contributed by atoms with E-state index in [1.165, 1.54) is 12.1 Å². The molecule has 1 N–H and O–H groups in total. The van der Waals surface area contributed by atoms with Crippen molar-refractivity contribution in [3.05, 3.63) is 71.9 Å².